The zero-order valence-electron chi connectivity index (χ0n) is 22.9. The second kappa shape index (κ2) is 13.8. The first-order valence-electron chi connectivity index (χ1n) is 13.3. The van der Waals surface area contributed by atoms with E-state index >= 15 is 0 Å². The molecule has 0 aliphatic carbocycles. The Hall–Kier alpha value is -3.82. The van der Waals surface area contributed by atoms with Gasteiger partial charge in [0.1, 0.15) is 12.4 Å². The smallest absolute Gasteiger partial charge is 0.306 e. The number of ketones is 2. The van der Waals surface area contributed by atoms with E-state index in [1.807, 2.05) is 44.2 Å². The van der Waals surface area contributed by atoms with Crippen molar-refractivity contribution >= 4 is 29.4 Å². The second-order valence-electron chi connectivity index (χ2n) is 10.6. The lowest BCUT2D eigenvalue weighted by atomic mass is 9.86. The van der Waals surface area contributed by atoms with Gasteiger partial charge in [-0.2, -0.15) is 0 Å². The lowest BCUT2D eigenvalue weighted by Crippen LogP contribution is -2.49. The van der Waals surface area contributed by atoms with Crippen molar-refractivity contribution in [2.75, 3.05) is 6.54 Å². The fourth-order valence-electron chi connectivity index (χ4n) is 4.58. The van der Waals surface area contributed by atoms with E-state index in [0.717, 1.165) is 11.1 Å². The second-order valence-corrected chi connectivity index (χ2v) is 10.6. The number of aromatic nitrogens is 1. The molecule has 1 aromatic heterocycles. The van der Waals surface area contributed by atoms with E-state index in [-0.39, 0.29) is 50.0 Å². The van der Waals surface area contributed by atoms with Crippen LogP contribution in [0, 0.1) is 23.7 Å². The minimum absolute atomic E-state index is 0.0635. The summed E-state index contributed by atoms with van der Waals surface area (Å²) in [7, 11) is 0. The zero-order chi connectivity index (χ0) is 28.5. The molecule has 2 aromatic rings. The molecule has 2 heterocycles. The third-order valence-electron chi connectivity index (χ3n) is 6.97. The van der Waals surface area contributed by atoms with Crippen molar-refractivity contribution < 1.29 is 33.2 Å². The Morgan fingerprint density at radius 3 is 2.49 bits per heavy atom. The monoisotopic (exact) mass is 539 g/mol. The summed E-state index contributed by atoms with van der Waals surface area (Å²) in [6, 6.07) is 8.34. The quantitative estimate of drug-likeness (QED) is 0.327. The van der Waals surface area contributed by atoms with E-state index in [2.05, 4.69) is 15.8 Å². The number of nitrogens with zero attached hydrogens (tertiary/aromatic N) is 1. The molecule has 10 heteroatoms. The number of ether oxygens (including phenoxy) is 1. The molecule has 0 saturated carbocycles. The van der Waals surface area contributed by atoms with Gasteiger partial charge in [0.15, 0.2) is 5.78 Å². The average molecular weight is 540 g/mol. The molecule has 0 fully saturated rings. The van der Waals surface area contributed by atoms with Gasteiger partial charge in [0.25, 0.3) is 5.91 Å². The summed E-state index contributed by atoms with van der Waals surface area (Å²) < 4.78 is 10.7. The number of carbonyl (C=O) groups is 5. The van der Waals surface area contributed by atoms with Gasteiger partial charge < -0.3 is 19.9 Å². The first-order chi connectivity index (χ1) is 18.6. The molecule has 210 valence electrons. The molecule has 0 saturated heterocycles. The first kappa shape index (κ1) is 29.7. The Bertz CT molecular complexity index is 1170. The van der Waals surface area contributed by atoms with E-state index in [0.29, 0.717) is 12.2 Å². The summed E-state index contributed by atoms with van der Waals surface area (Å²) in [5.74, 6) is -4.45. The van der Waals surface area contributed by atoms with Crippen LogP contribution in [0.4, 0.5) is 0 Å². The third-order valence-corrected chi connectivity index (χ3v) is 6.97. The van der Waals surface area contributed by atoms with Crippen molar-refractivity contribution in [3.63, 3.8) is 0 Å². The maximum Gasteiger partial charge on any atom is 0.306 e. The highest BCUT2D eigenvalue weighted by molar-refractivity contribution is 6.37. The van der Waals surface area contributed by atoms with Crippen molar-refractivity contribution in [3.8, 4) is 0 Å². The minimum Gasteiger partial charge on any atom is -0.461 e. The van der Waals surface area contributed by atoms with Gasteiger partial charge in [-0.25, -0.2) is 0 Å². The van der Waals surface area contributed by atoms with Crippen molar-refractivity contribution in [2.24, 2.45) is 23.7 Å². The van der Waals surface area contributed by atoms with Gasteiger partial charge in [-0.3, -0.25) is 24.0 Å². The van der Waals surface area contributed by atoms with E-state index in [4.69, 9.17) is 9.26 Å². The molecule has 10 nitrogen and oxygen atoms in total. The van der Waals surface area contributed by atoms with Gasteiger partial charge in [0.05, 0.1) is 24.6 Å². The van der Waals surface area contributed by atoms with Gasteiger partial charge in [0, 0.05) is 30.9 Å². The van der Waals surface area contributed by atoms with E-state index in [1.165, 1.54) is 0 Å². The predicted octanol–water partition coefficient (Wildman–Crippen LogP) is 2.58. The molecule has 0 spiro atoms. The topological polar surface area (TPSA) is 145 Å². The van der Waals surface area contributed by atoms with Crippen LogP contribution in [-0.4, -0.2) is 47.1 Å². The minimum atomic E-state index is -0.950. The summed E-state index contributed by atoms with van der Waals surface area (Å²) in [5.41, 5.74) is 1.61. The van der Waals surface area contributed by atoms with Gasteiger partial charge in [0.2, 0.25) is 11.7 Å². The van der Waals surface area contributed by atoms with Gasteiger partial charge in [-0.05, 0) is 23.8 Å². The highest BCUT2D eigenvalue weighted by Gasteiger charge is 2.36. The van der Waals surface area contributed by atoms with Gasteiger partial charge in [-0.1, -0.05) is 63.2 Å². The van der Waals surface area contributed by atoms with E-state index < -0.39 is 41.4 Å². The molecule has 1 aromatic carbocycles. The van der Waals surface area contributed by atoms with Crippen LogP contribution in [0.1, 0.15) is 57.4 Å². The Balaban J connectivity index is 1.67. The molecule has 39 heavy (non-hydrogen) atoms. The van der Waals surface area contributed by atoms with Crippen LogP contribution >= 0.6 is 0 Å². The summed E-state index contributed by atoms with van der Waals surface area (Å²) in [5, 5.41) is 9.17. The molecular formula is C29H37N3O7. The summed E-state index contributed by atoms with van der Waals surface area (Å²) in [4.78, 5) is 64.4. The number of hydrogen-bond acceptors (Lipinski definition) is 8. The molecular weight excluding hydrogens is 502 g/mol. The Morgan fingerprint density at radius 2 is 1.82 bits per heavy atom. The largest absolute Gasteiger partial charge is 0.461 e. The molecule has 0 radical (unpaired) electrons. The van der Waals surface area contributed by atoms with Crippen LogP contribution in [0.15, 0.2) is 41.1 Å². The maximum absolute atomic E-state index is 13.4. The molecule has 3 atom stereocenters. The number of nitrogens with one attached hydrogen (secondary N) is 2. The Morgan fingerprint density at radius 1 is 1.10 bits per heavy atom. The van der Waals surface area contributed by atoms with E-state index in [9.17, 15) is 24.0 Å². The standard InChI is InChI=1S/C29H37N3O7/c1-17(2)22(14-25(34)38-16-19-8-6-5-7-9-19)28(36)32-26(18(3)4)23(33)12-21-13-24-20(15-31-39-24)10-11-30-29(37)27(21)35/h5-9,15,17-18,21-22,26H,10-14,16H2,1-4H3,(H,30,37)(H,32,36). The van der Waals surface area contributed by atoms with Crippen LogP contribution in [0.2, 0.25) is 0 Å². The van der Waals surface area contributed by atoms with Crippen molar-refractivity contribution in [2.45, 2.75) is 66.0 Å². The number of carbonyl (C=O) groups excluding carboxylic acids is 5. The van der Waals surface area contributed by atoms with Crippen molar-refractivity contribution in [1.29, 1.82) is 0 Å². The lowest BCUT2D eigenvalue weighted by Gasteiger charge is -2.27. The van der Waals surface area contributed by atoms with Crippen molar-refractivity contribution in [1.82, 2.24) is 15.8 Å². The third kappa shape index (κ3) is 8.33. The first-order valence-corrected chi connectivity index (χ1v) is 13.3. The summed E-state index contributed by atoms with van der Waals surface area (Å²) >= 11 is 0. The number of amides is 2. The SMILES string of the molecule is CC(C)C(CC(=O)OCc1ccccc1)C(=O)NC(C(=O)CC1Cc2oncc2CCNC(=O)C1=O)C(C)C. The Kier molecular flexibility index (Phi) is 10.5. The highest BCUT2D eigenvalue weighted by Crippen LogP contribution is 2.23. The summed E-state index contributed by atoms with van der Waals surface area (Å²) in [6.45, 7) is 7.58. The van der Waals surface area contributed by atoms with Crippen LogP contribution in [0.3, 0.4) is 0 Å². The number of Topliss-reactive ketones (excluding diaryl/α,β-unsaturated/α-hetero) is 2. The normalized spacial score (nSPS) is 17.3. The van der Waals surface area contributed by atoms with Crippen LogP contribution in [-0.2, 0) is 48.2 Å². The van der Waals surface area contributed by atoms with Crippen molar-refractivity contribution in [3.05, 3.63) is 53.4 Å². The Labute approximate surface area is 228 Å². The molecule has 3 unspecified atom stereocenters. The molecule has 2 amide bonds. The predicted molar refractivity (Wildman–Crippen MR) is 141 cm³/mol. The fourth-order valence-corrected chi connectivity index (χ4v) is 4.58. The molecule has 0 bridgehead atoms. The van der Waals surface area contributed by atoms with Crippen LogP contribution in [0.25, 0.3) is 0 Å². The maximum atomic E-state index is 13.4. The number of fused-ring (bicyclic) bond motifs is 1. The number of esters is 1. The van der Waals surface area contributed by atoms with E-state index in [1.54, 1.807) is 20.0 Å². The number of hydrogen-bond donors (Lipinski definition) is 2. The lowest BCUT2D eigenvalue weighted by molar-refractivity contribution is -0.149. The highest BCUT2D eigenvalue weighted by atomic mass is 16.5. The molecule has 1 aliphatic rings. The van der Waals surface area contributed by atoms with Crippen LogP contribution in [0.5, 0.6) is 0 Å². The van der Waals surface area contributed by atoms with Gasteiger partial charge >= 0.3 is 5.97 Å². The molecule has 1 aliphatic heterocycles. The molecule has 3 rings (SSSR count). The summed E-state index contributed by atoms with van der Waals surface area (Å²) in [6.07, 6.45) is 1.69. The fraction of sp³-hybridized carbons (Fsp3) is 0.517. The van der Waals surface area contributed by atoms with Gasteiger partial charge in [-0.15, -0.1) is 0 Å². The van der Waals surface area contributed by atoms with Crippen LogP contribution < -0.4 is 10.6 Å². The number of benzene rings is 1. The number of rotatable bonds is 11. The molecule has 2 N–H and O–H groups in total. The zero-order valence-corrected chi connectivity index (χ0v) is 22.9. The average Bonchev–Trinajstić information content (AvgIpc) is 3.35.